The monoisotopic (exact) mass is 307 g/mol. The van der Waals surface area contributed by atoms with E-state index in [9.17, 15) is 4.79 Å². The Bertz CT molecular complexity index is 440. The van der Waals surface area contributed by atoms with E-state index in [4.69, 9.17) is 18.0 Å². The molecule has 4 aliphatic carbocycles. The predicted octanol–water partition coefficient (Wildman–Crippen LogP) is 2.62. The summed E-state index contributed by atoms with van der Waals surface area (Å²) in [4.78, 5) is 13.7. The van der Waals surface area contributed by atoms with E-state index in [1.165, 1.54) is 51.4 Å². The molecule has 4 saturated carbocycles. The van der Waals surface area contributed by atoms with Gasteiger partial charge in [-0.05, 0) is 74.4 Å². The molecule has 0 aliphatic heterocycles. The number of rotatable bonds is 2. The molecule has 4 aliphatic rings. The zero-order valence-electron chi connectivity index (χ0n) is 12.5. The van der Waals surface area contributed by atoms with Crippen LogP contribution in [0.2, 0.25) is 0 Å². The standard InChI is InChI=1S/C16H25N3OS/c17-15(20)18-16(21)19(13-7-9-1-3-11(13)5-9)14-8-10-2-4-12(14)6-10/h9-14H,1-8H2,(H3,17,18,20,21). The third-order valence-electron chi connectivity index (χ3n) is 6.58. The molecular formula is C16H25N3OS. The molecule has 0 heterocycles. The Morgan fingerprint density at radius 2 is 1.48 bits per heavy atom. The molecule has 6 unspecified atom stereocenters. The highest BCUT2D eigenvalue weighted by atomic mass is 32.1. The van der Waals surface area contributed by atoms with Crippen LogP contribution in [-0.2, 0) is 0 Å². The predicted molar refractivity (Wildman–Crippen MR) is 85.6 cm³/mol. The lowest BCUT2D eigenvalue weighted by atomic mass is 9.88. The van der Waals surface area contributed by atoms with E-state index in [-0.39, 0.29) is 0 Å². The minimum atomic E-state index is -0.517. The molecule has 5 heteroatoms. The summed E-state index contributed by atoms with van der Waals surface area (Å²) >= 11 is 5.57. The van der Waals surface area contributed by atoms with Crippen LogP contribution in [0.1, 0.15) is 51.4 Å². The van der Waals surface area contributed by atoms with Gasteiger partial charge in [-0.15, -0.1) is 0 Å². The summed E-state index contributed by atoms with van der Waals surface area (Å²) in [5, 5.41) is 3.31. The van der Waals surface area contributed by atoms with Crippen LogP contribution in [0, 0.1) is 23.7 Å². The first-order chi connectivity index (χ1) is 10.1. The highest BCUT2D eigenvalue weighted by Gasteiger charge is 2.50. The van der Waals surface area contributed by atoms with Crippen LogP contribution < -0.4 is 11.1 Å². The lowest BCUT2D eigenvalue weighted by Gasteiger charge is -2.43. The van der Waals surface area contributed by atoms with Crippen molar-refractivity contribution in [3.8, 4) is 0 Å². The fourth-order valence-corrected chi connectivity index (χ4v) is 6.19. The van der Waals surface area contributed by atoms with Crippen molar-refractivity contribution in [1.29, 1.82) is 0 Å². The summed E-state index contributed by atoms with van der Waals surface area (Å²) in [5.41, 5.74) is 5.32. The van der Waals surface area contributed by atoms with Crippen LogP contribution in [-0.4, -0.2) is 28.1 Å². The summed E-state index contributed by atoms with van der Waals surface area (Å²) in [6, 6.07) is 0.580. The van der Waals surface area contributed by atoms with Crippen molar-refractivity contribution in [3.63, 3.8) is 0 Å². The number of urea groups is 1. The Balaban J connectivity index is 1.56. The van der Waals surface area contributed by atoms with Gasteiger partial charge in [0.1, 0.15) is 0 Å². The van der Waals surface area contributed by atoms with Gasteiger partial charge in [0.15, 0.2) is 5.11 Å². The summed E-state index contributed by atoms with van der Waals surface area (Å²) < 4.78 is 0. The molecule has 21 heavy (non-hydrogen) atoms. The number of carbonyl (C=O) groups is 1. The quantitative estimate of drug-likeness (QED) is 0.771. The first-order valence-electron chi connectivity index (χ1n) is 8.50. The number of nitrogens with one attached hydrogen (secondary N) is 1. The number of nitrogens with zero attached hydrogens (tertiary/aromatic N) is 1. The number of fused-ring (bicyclic) bond motifs is 4. The minimum absolute atomic E-state index is 0.517. The highest BCUT2D eigenvalue weighted by Crippen LogP contribution is 2.52. The van der Waals surface area contributed by atoms with Crippen molar-refractivity contribution in [3.05, 3.63) is 0 Å². The maximum absolute atomic E-state index is 11.3. The maximum Gasteiger partial charge on any atom is 0.318 e. The van der Waals surface area contributed by atoms with Gasteiger partial charge < -0.3 is 10.6 Å². The summed E-state index contributed by atoms with van der Waals surface area (Å²) in [5.74, 6) is 3.33. The molecule has 0 saturated heterocycles. The van der Waals surface area contributed by atoms with E-state index < -0.39 is 6.03 Å². The van der Waals surface area contributed by atoms with Gasteiger partial charge in [-0.3, -0.25) is 5.32 Å². The van der Waals surface area contributed by atoms with Crippen molar-refractivity contribution in [2.24, 2.45) is 29.4 Å². The summed E-state index contributed by atoms with van der Waals surface area (Å²) in [7, 11) is 0. The highest BCUT2D eigenvalue weighted by molar-refractivity contribution is 7.80. The van der Waals surface area contributed by atoms with Crippen molar-refractivity contribution >= 4 is 23.4 Å². The van der Waals surface area contributed by atoms with E-state index in [0.717, 1.165) is 23.7 Å². The first kappa shape index (κ1) is 13.8. The average molecular weight is 307 g/mol. The zero-order valence-corrected chi connectivity index (χ0v) is 13.3. The second-order valence-electron chi connectivity index (χ2n) is 7.69. The van der Waals surface area contributed by atoms with Crippen LogP contribution in [0.15, 0.2) is 0 Å². The molecule has 0 aromatic carbocycles. The Morgan fingerprint density at radius 3 is 1.81 bits per heavy atom. The normalized spacial score (nSPS) is 43.2. The van der Waals surface area contributed by atoms with Crippen LogP contribution in [0.3, 0.4) is 0 Å². The molecule has 4 rings (SSSR count). The fourth-order valence-electron chi connectivity index (χ4n) is 5.82. The fraction of sp³-hybridized carbons (Fsp3) is 0.875. The topological polar surface area (TPSA) is 58.4 Å². The Labute approximate surface area is 131 Å². The summed E-state index contributed by atoms with van der Waals surface area (Å²) in [6.45, 7) is 0. The number of nitrogens with two attached hydrogens (primary N) is 1. The molecular weight excluding hydrogens is 282 g/mol. The molecule has 4 fully saturated rings. The Kier molecular flexibility index (Phi) is 3.36. The third-order valence-corrected chi connectivity index (χ3v) is 6.89. The van der Waals surface area contributed by atoms with Gasteiger partial charge in [0, 0.05) is 12.1 Å². The molecule has 116 valence electrons. The molecule has 0 aromatic rings. The smallest absolute Gasteiger partial charge is 0.318 e. The van der Waals surface area contributed by atoms with Gasteiger partial charge in [-0.1, -0.05) is 12.8 Å². The first-order valence-corrected chi connectivity index (χ1v) is 8.91. The number of hydrogen-bond donors (Lipinski definition) is 2. The molecule has 4 nitrogen and oxygen atoms in total. The van der Waals surface area contributed by atoms with Crippen LogP contribution in [0.5, 0.6) is 0 Å². The lowest BCUT2D eigenvalue weighted by Crippen LogP contribution is -2.56. The van der Waals surface area contributed by atoms with Gasteiger partial charge >= 0.3 is 6.03 Å². The molecule has 0 radical (unpaired) electrons. The van der Waals surface area contributed by atoms with Crippen LogP contribution >= 0.6 is 12.2 Å². The Morgan fingerprint density at radius 1 is 0.952 bits per heavy atom. The van der Waals surface area contributed by atoms with Crippen LogP contribution in [0.4, 0.5) is 4.79 Å². The van der Waals surface area contributed by atoms with Crippen molar-refractivity contribution in [2.45, 2.75) is 63.5 Å². The van der Waals surface area contributed by atoms with E-state index in [0.29, 0.717) is 17.2 Å². The van der Waals surface area contributed by atoms with E-state index >= 15 is 0 Å². The third kappa shape index (κ3) is 2.33. The van der Waals surface area contributed by atoms with Crippen molar-refractivity contribution in [1.82, 2.24) is 10.2 Å². The number of thiocarbonyl (C=S) groups is 1. The van der Waals surface area contributed by atoms with E-state index in [1.54, 1.807) is 0 Å². The zero-order chi connectivity index (χ0) is 14.6. The molecule has 0 spiro atoms. The molecule has 6 atom stereocenters. The van der Waals surface area contributed by atoms with Crippen molar-refractivity contribution < 1.29 is 4.79 Å². The number of hydrogen-bond acceptors (Lipinski definition) is 2. The van der Waals surface area contributed by atoms with Gasteiger partial charge in [-0.25, -0.2) is 4.79 Å². The molecule has 3 N–H and O–H groups in total. The molecule has 2 amide bonds. The van der Waals surface area contributed by atoms with Gasteiger partial charge in [0.05, 0.1) is 0 Å². The van der Waals surface area contributed by atoms with Crippen LogP contribution in [0.25, 0.3) is 0 Å². The second kappa shape index (κ2) is 5.11. The second-order valence-corrected chi connectivity index (χ2v) is 8.07. The van der Waals surface area contributed by atoms with E-state index in [1.807, 2.05) is 0 Å². The number of carbonyl (C=O) groups excluding carboxylic acids is 1. The SMILES string of the molecule is NC(=O)NC(=S)N(C1CC2CCC1C2)C1CC2CCC1C2. The summed E-state index contributed by atoms with van der Waals surface area (Å²) in [6.07, 6.45) is 10.7. The molecule has 0 aromatic heterocycles. The van der Waals surface area contributed by atoms with Gasteiger partial charge in [0.25, 0.3) is 0 Å². The molecule has 4 bridgehead atoms. The minimum Gasteiger partial charge on any atom is -0.351 e. The maximum atomic E-state index is 11.3. The van der Waals surface area contributed by atoms with E-state index in [2.05, 4.69) is 10.2 Å². The number of amides is 2. The van der Waals surface area contributed by atoms with Gasteiger partial charge in [-0.2, -0.15) is 0 Å². The van der Waals surface area contributed by atoms with Crippen molar-refractivity contribution in [2.75, 3.05) is 0 Å². The largest absolute Gasteiger partial charge is 0.351 e. The Hall–Kier alpha value is -0.840. The number of primary amides is 1. The average Bonchev–Trinajstić information content (AvgIpc) is 3.19. The van der Waals surface area contributed by atoms with Gasteiger partial charge in [0.2, 0.25) is 0 Å². The lowest BCUT2D eigenvalue weighted by molar-refractivity contribution is 0.134.